The molecule has 0 heterocycles. The Balaban J connectivity index is 0.000000244. The average molecular weight is 597 g/mol. The molecule has 0 aliphatic rings. The second-order valence-corrected chi connectivity index (χ2v) is 10.6. The van der Waals surface area contributed by atoms with Gasteiger partial charge in [-0.2, -0.15) is 0 Å². The lowest BCUT2D eigenvalue weighted by molar-refractivity contribution is 0.102. The zero-order valence-electron chi connectivity index (χ0n) is 25.8. The van der Waals surface area contributed by atoms with Crippen molar-refractivity contribution in [3.63, 3.8) is 0 Å². The Morgan fingerprint density at radius 1 is 0.523 bits per heavy atom. The Morgan fingerprint density at radius 3 is 1.36 bits per heavy atom. The van der Waals surface area contributed by atoms with Gasteiger partial charge in [0.15, 0.2) is 11.6 Å². The maximum absolute atomic E-state index is 12.4. The van der Waals surface area contributed by atoms with Crippen LogP contribution in [-0.2, 0) is 0 Å². The largest absolute Gasteiger partial charge is 0.507 e. The highest BCUT2D eigenvalue weighted by Crippen LogP contribution is 2.27. The Morgan fingerprint density at radius 2 is 0.932 bits per heavy atom. The van der Waals surface area contributed by atoms with Crippen molar-refractivity contribution in [2.45, 2.75) is 65.2 Å². The number of ketones is 2. The van der Waals surface area contributed by atoms with Gasteiger partial charge in [-0.1, -0.05) is 113 Å². The number of hydrogen-bond acceptors (Lipinski definition) is 6. The summed E-state index contributed by atoms with van der Waals surface area (Å²) in [5.41, 5.74) is 1.71. The van der Waals surface area contributed by atoms with E-state index in [1.54, 1.807) is 60.7 Å². The van der Waals surface area contributed by atoms with E-state index in [-0.39, 0.29) is 23.1 Å². The number of phenolic OH excluding ortho intramolecular Hbond substituents is 2. The zero-order valence-corrected chi connectivity index (χ0v) is 25.8. The lowest BCUT2D eigenvalue weighted by atomic mass is 10.0. The molecule has 44 heavy (non-hydrogen) atoms. The van der Waals surface area contributed by atoms with Gasteiger partial charge in [-0.15, -0.1) is 0 Å². The van der Waals surface area contributed by atoms with E-state index >= 15 is 0 Å². The third kappa shape index (κ3) is 10.9. The van der Waals surface area contributed by atoms with Gasteiger partial charge >= 0.3 is 0 Å². The van der Waals surface area contributed by atoms with E-state index in [1.165, 1.54) is 37.8 Å². The number of carbonyl (C=O) groups excluding carboxylic acids is 2. The third-order valence-corrected chi connectivity index (χ3v) is 7.03. The van der Waals surface area contributed by atoms with Gasteiger partial charge in [-0.25, -0.2) is 0 Å². The number of benzene rings is 4. The molecule has 0 bridgehead atoms. The molecule has 4 rings (SSSR count). The fourth-order valence-corrected chi connectivity index (χ4v) is 4.48. The Kier molecular flexibility index (Phi) is 14.5. The summed E-state index contributed by atoms with van der Waals surface area (Å²) in [5, 5.41) is 20.1. The van der Waals surface area contributed by atoms with Gasteiger partial charge in [0.1, 0.15) is 23.0 Å². The lowest BCUT2D eigenvalue weighted by Gasteiger charge is -2.09. The van der Waals surface area contributed by atoms with Crippen LogP contribution in [0.5, 0.6) is 23.0 Å². The van der Waals surface area contributed by atoms with Gasteiger partial charge in [-0.3, -0.25) is 9.59 Å². The van der Waals surface area contributed by atoms with Crippen molar-refractivity contribution in [2.24, 2.45) is 0 Å². The molecule has 0 fully saturated rings. The fourth-order valence-electron chi connectivity index (χ4n) is 4.48. The molecule has 0 aromatic heterocycles. The topological polar surface area (TPSA) is 93.1 Å². The van der Waals surface area contributed by atoms with E-state index in [0.717, 1.165) is 25.7 Å². The van der Waals surface area contributed by atoms with E-state index in [1.807, 2.05) is 24.3 Å². The van der Waals surface area contributed by atoms with E-state index in [4.69, 9.17) is 9.47 Å². The third-order valence-electron chi connectivity index (χ3n) is 7.03. The molecule has 2 N–H and O–H groups in total. The van der Waals surface area contributed by atoms with Crippen molar-refractivity contribution in [2.75, 3.05) is 13.2 Å². The minimum Gasteiger partial charge on any atom is -0.507 e. The summed E-state index contributed by atoms with van der Waals surface area (Å²) < 4.78 is 11.2. The fraction of sp³-hybridized carbons (Fsp3) is 0.316. The second kappa shape index (κ2) is 18.9. The van der Waals surface area contributed by atoms with Crippen molar-refractivity contribution in [3.8, 4) is 23.0 Å². The monoisotopic (exact) mass is 596 g/mol. The van der Waals surface area contributed by atoms with Crippen molar-refractivity contribution in [1.29, 1.82) is 0 Å². The molecule has 6 heteroatoms. The summed E-state index contributed by atoms with van der Waals surface area (Å²) in [7, 11) is 0. The second-order valence-electron chi connectivity index (χ2n) is 10.6. The summed E-state index contributed by atoms with van der Waals surface area (Å²) in [5.74, 6) is 0.724. The highest BCUT2D eigenvalue weighted by molar-refractivity contribution is 6.11. The molecule has 6 nitrogen and oxygen atoms in total. The van der Waals surface area contributed by atoms with E-state index < -0.39 is 0 Å². The highest BCUT2D eigenvalue weighted by Gasteiger charge is 2.15. The standard InChI is InChI=1S/C21H26O3.C17H18O3/c1-2-3-4-5-6-10-15-24-18-13-14-19(20(22)16-18)21(23)17-11-8-7-9-12-17;1-2-3-11-20-14-9-10-15(16(18)12-14)17(19)13-7-5-4-6-8-13/h7-9,11-14,16,22H,2-6,10,15H2,1H3;4-10,12,18H,2-3,11H2,1H3. The molecule has 0 unspecified atom stereocenters. The number of phenols is 2. The van der Waals surface area contributed by atoms with Gasteiger partial charge in [0.25, 0.3) is 0 Å². The molecular weight excluding hydrogens is 552 g/mol. The molecule has 0 aliphatic heterocycles. The molecule has 0 amide bonds. The average Bonchev–Trinajstić information content (AvgIpc) is 3.05. The number of unbranched alkanes of at least 4 members (excludes halogenated alkanes) is 6. The first-order valence-corrected chi connectivity index (χ1v) is 15.6. The molecule has 0 spiro atoms. The number of hydrogen-bond donors (Lipinski definition) is 2. The van der Waals surface area contributed by atoms with Crippen LogP contribution in [-0.4, -0.2) is 35.0 Å². The van der Waals surface area contributed by atoms with Crippen LogP contribution in [0, 0.1) is 0 Å². The normalized spacial score (nSPS) is 10.4. The molecule has 0 radical (unpaired) electrons. The van der Waals surface area contributed by atoms with Crippen molar-refractivity contribution < 1.29 is 29.3 Å². The van der Waals surface area contributed by atoms with Gasteiger partial charge in [-0.05, 0) is 37.1 Å². The molecule has 4 aromatic carbocycles. The van der Waals surface area contributed by atoms with Crippen LogP contribution >= 0.6 is 0 Å². The van der Waals surface area contributed by atoms with Crippen LogP contribution in [0.3, 0.4) is 0 Å². The maximum Gasteiger partial charge on any atom is 0.196 e. The summed E-state index contributed by atoms with van der Waals surface area (Å²) in [6, 6.07) is 27.6. The van der Waals surface area contributed by atoms with Crippen LogP contribution in [0.1, 0.15) is 97.1 Å². The Bertz CT molecular complexity index is 1430. The maximum atomic E-state index is 12.4. The molecule has 0 atom stereocenters. The molecule has 232 valence electrons. The van der Waals surface area contributed by atoms with Crippen LogP contribution in [0.2, 0.25) is 0 Å². The first-order valence-electron chi connectivity index (χ1n) is 15.6. The number of aromatic hydroxyl groups is 2. The summed E-state index contributed by atoms with van der Waals surface area (Å²) >= 11 is 0. The summed E-state index contributed by atoms with van der Waals surface area (Å²) in [6.07, 6.45) is 9.27. The van der Waals surface area contributed by atoms with Gasteiger partial charge in [0, 0.05) is 23.3 Å². The molecule has 4 aromatic rings. The van der Waals surface area contributed by atoms with Crippen molar-refractivity contribution in [3.05, 3.63) is 119 Å². The predicted octanol–water partition coefficient (Wildman–Crippen LogP) is 9.16. The minimum atomic E-state index is -0.191. The van der Waals surface area contributed by atoms with E-state index in [0.29, 0.717) is 47.0 Å². The first kappa shape index (κ1) is 33.9. The van der Waals surface area contributed by atoms with Gasteiger partial charge < -0.3 is 19.7 Å². The Hall–Kier alpha value is -4.58. The summed E-state index contributed by atoms with van der Waals surface area (Å²) in [6.45, 7) is 5.55. The number of ether oxygens (including phenoxy) is 2. The molecule has 0 saturated heterocycles. The minimum absolute atomic E-state index is 0.0377. The number of carbonyl (C=O) groups is 2. The van der Waals surface area contributed by atoms with E-state index in [9.17, 15) is 19.8 Å². The summed E-state index contributed by atoms with van der Waals surface area (Å²) in [4.78, 5) is 24.6. The first-order chi connectivity index (χ1) is 21.4. The zero-order chi connectivity index (χ0) is 31.6. The van der Waals surface area contributed by atoms with Gasteiger partial charge in [0.2, 0.25) is 0 Å². The number of rotatable bonds is 16. The predicted molar refractivity (Wildman–Crippen MR) is 175 cm³/mol. The van der Waals surface area contributed by atoms with Crippen LogP contribution in [0.25, 0.3) is 0 Å². The smallest absolute Gasteiger partial charge is 0.196 e. The van der Waals surface area contributed by atoms with Crippen molar-refractivity contribution in [1.82, 2.24) is 0 Å². The van der Waals surface area contributed by atoms with Crippen LogP contribution in [0.15, 0.2) is 97.1 Å². The van der Waals surface area contributed by atoms with Crippen LogP contribution in [0.4, 0.5) is 0 Å². The molecule has 0 saturated carbocycles. The quantitative estimate of drug-likeness (QED) is 0.0989. The van der Waals surface area contributed by atoms with E-state index in [2.05, 4.69) is 13.8 Å². The SMILES string of the molecule is CCCCCCCCOc1ccc(C(=O)c2ccccc2)c(O)c1.CCCCOc1ccc(C(=O)c2ccccc2)c(O)c1. The van der Waals surface area contributed by atoms with Gasteiger partial charge in [0.05, 0.1) is 24.3 Å². The van der Waals surface area contributed by atoms with Crippen molar-refractivity contribution >= 4 is 11.6 Å². The molecule has 0 aliphatic carbocycles. The molecular formula is C38H44O6. The lowest BCUT2D eigenvalue weighted by Crippen LogP contribution is -2.02. The Labute approximate surface area is 261 Å². The highest BCUT2D eigenvalue weighted by atomic mass is 16.5. The van der Waals surface area contributed by atoms with Crippen LogP contribution < -0.4 is 9.47 Å².